The second-order valence-corrected chi connectivity index (χ2v) is 6.94. The number of pyridine rings is 1. The molecule has 1 saturated heterocycles. The van der Waals surface area contributed by atoms with Crippen molar-refractivity contribution in [2.75, 3.05) is 18.4 Å². The molecule has 0 aliphatic carbocycles. The SMILES string of the molecule is Cc1ccc(C(=O)C(=O)N2CCC[C@H](C(=O)Nc3ncccc3C)C2)cc1. The van der Waals surface area contributed by atoms with Crippen molar-refractivity contribution in [1.29, 1.82) is 0 Å². The fourth-order valence-corrected chi connectivity index (χ4v) is 3.18. The average molecular weight is 365 g/mol. The molecular weight excluding hydrogens is 342 g/mol. The van der Waals surface area contributed by atoms with Gasteiger partial charge in [0.25, 0.3) is 5.91 Å². The number of aryl methyl sites for hydroxylation is 2. The molecule has 1 aromatic carbocycles. The number of rotatable bonds is 4. The quantitative estimate of drug-likeness (QED) is 0.667. The highest BCUT2D eigenvalue weighted by Gasteiger charge is 2.31. The molecule has 0 spiro atoms. The lowest BCUT2D eigenvalue weighted by molar-refractivity contribution is -0.130. The minimum atomic E-state index is -0.551. The van der Waals surface area contributed by atoms with E-state index >= 15 is 0 Å². The summed E-state index contributed by atoms with van der Waals surface area (Å²) in [5, 5.41) is 2.83. The van der Waals surface area contributed by atoms with Gasteiger partial charge in [0, 0.05) is 24.8 Å². The second kappa shape index (κ2) is 8.12. The van der Waals surface area contributed by atoms with Crippen molar-refractivity contribution < 1.29 is 14.4 Å². The normalized spacial score (nSPS) is 16.7. The summed E-state index contributed by atoms with van der Waals surface area (Å²) in [6.45, 7) is 4.53. The summed E-state index contributed by atoms with van der Waals surface area (Å²) >= 11 is 0. The van der Waals surface area contributed by atoms with Crippen LogP contribution >= 0.6 is 0 Å². The molecule has 140 valence electrons. The van der Waals surface area contributed by atoms with E-state index in [1.165, 1.54) is 4.90 Å². The predicted octanol–water partition coefficient (Wildman–Crippen LogP) is 2.76. The highest BCUT2D eigenvalue weighted by molar-refractivity contribution is 6.42. The molecule has 0 radical (unpaired) electrons. The highest BCUT2D eigenvalue weighted by atomic mass is 16.2. The highest BCUT2D eigenvalue weighted by Crippen LogP contribution is 2.20. The molecular formula is C21H23N3O3. The Morgan fingerprint density at radius 2 is 1.85 bits per heavy atom. The summed E-state index contributed by atoms with van der Waals surface area (Å²) in [6.07, 6.45) is 2.99. The third-order valence-corrected chi connectivity index (χ3v) is 4.84. The van der Waals surface area contributed by atoms with Crippen molar-refractivity contribution in [3.63, 3.8) is 0 Å². The summed E-state index contributed by atoms with van der Waals surface area (Å²) < 4.78 is 0. The maximum Gasteiger partial charge on any atom is 0.294 e. The largest absolute Gasteiger partial charge is 0.335 e. The van der Waals surface area contributed by atoms with E-state index in [1.807, 2.05) is 38.1 Å². The lowest BCUT2D eigenvalue weighted by Crippen LogP contribution is -2.46. The number of benzene rings is 1. The van der Waals surface area contributed by atoms with E-state index in [1.54, 1.807) is 18.3 Å². The van der Waals surface area contributed by atoms with Crippen molar-refractivity contribution in [1.82, 2.24) is 9.88 Å². The van der Waals surface area contributed by atoms with Crippen LogP contribution < -0.4 is 5.32 Å². The maximum absolute atomic E-state index is 12.6. The molecule has 6 nitrogen and oxygen atoms in total. The van der Waals surface area contributed by atoms with E-state index in [9.17, 15) is 14.4 Å². The van der Waals surface area contributed by atoms with Crippen LogP contribution in [-0.4, -0.2) is 40.6 Å². The van der Waals surface area contributed by atoms with E-state index in [2.05, 4.69) is 10.3 Å². The number of carbonyl (C=O) groups is 3. The summed E-state index contributed by atoms with van der Waals surface area (Å²) in [7, 11) is 0. The van der Waals surface area contributed by atoms with Gasteiger partial charge in [0.05, 0.1) is 5.92 Å². The molecule has 2 amide bonds. The van der Waals surface area contributed by atoms with Crippen molar-refractivity contribution in [2.24, 2.45) is 5.92 Å². The monoisotopic (exact) mass is 365 g/mol. The van der Waals surface area contributed by atoms with E-state index in [4.69, 9.17) is 0 Å². The molecule has 1 fully saturated rings. The molecule has 2 heterocycles. The van der Waals surface area contributed by atoms with Crippen molar-refractivity contribution in [3.8, 4) is 0 Å². The van der Waals surface area contributed by atoms with Crippen LogP contribution in [0.4, 0.5) is 5.82 Å². The van der Waals surface area contributed by atoms with Gasteiger partial charge >= 0.3 is 0 Å². The summed E-state index contributed by atoms with van der Waals surface area (Å²) in [6, 6.07) is 10.6. The zero-order chi connectivity index (χ0) is 19.4. The lowest BCUT2D eigenvalue weighted by atomic mass is 9.96. The number of piperidine rings is 1. The molecule has 1 atom stereocenters. The van der Waals surface area contributed by atoms with Crippen LogP contribution in [0.25, 0.3) is 0 Å². The third-order valence-electron chi connectivity index (χ3n) is 4.84. The molecule has 6 heteroatoms. The molecule has 0 unspecified atom stereocenters. The van der Waals surface area contributed by atoms with Gasteiger partial charge in [0.2, 0.25) is 11.7 Å². The van der Waals surface area contributed by atoms with Gasteiger partial charge in [-0.05, 0) is 38.3 Å². The number of likely N-dealkylation sites (tertiary alicyclic amines) is 1. The number of Topliss-reactive ketones (excluding diaryl/α,β-unsaturated/α-hetero) is 1. The van der Waals surface area contributed by atoms with Gasteiger partial charge in [0.15, 0.2) is 0 Å². The smallest absolute Gasteiger partial charge is 0.294 e. The van der Waals surface area contributed by atoms with Crippen molar-refractivity contribution >= 4 is 23.4 Å². The van der Waals surface area contributed by atoms with E-state index in [0.717, 1.165) is 11.1 Å². The molecule has 1 aliphatic heterocycles. The molecule has 1 aromatic heterocycles. The van der Waals surface area contributed by atoms with E-state index in [-0.39, 0.29) is 18.4 Å². The number of aromatic nitrogens is 1. The number of ketones is 1. The fourth-order valence-electron chi connectivity index (χ4n) is 3.18. The van der Waals surface area contributed by atoms with Gasteiger partial charge in [-0.2, -0.15) is 0 Å². The molecule has 1 aliphatic rings. The van der Waals surface area contributed by atoms with Gasteiger partial charge in [0.1, 0.15) is 5.82 Å². The number of hydrogen-bond acceptors (Lipinski definition) is 4. The number of nitrogens with zero attached hydrogens (tertiary/aromatic N) is 2. The Labute approximate surface area is 158 Å². The van der Waals surface area contributed by atoms with Crippen LogP contribution in [-0.2, 0) is 9.59 Å². The second-order valence-electron chi connectivity index (χ2n) is 6.94. The van der Waals surface area contributed by atoms with Gasteiger partial charge in [-0.25, -0.2) is 4.98 Å². The number of anilines is 1. The first-order chi connectivity index (χ1) is 13.0. The van der Waals surface area contributed by atoms with Crippen molar-refractivity contribution in [3.05, 3.63) is 59.3 Å². The van der Waals surface area contributed by atoms with Gasteiger partial charge in [-0.3, -0.25) is 14.4 Å². The zero-order valence-electron chi connectivity index (χ0n) is 15.6. The summed E-state index contributed by atoms with van der Waals surface area (Å²) in [5.74, 6) is -1.07. The van der Waals surface area contributed by atoms with Crippen LogP contribution in [0.15, 0.2) is 42.6 Å². The first-order valence-electron chi connectivity index (χ1n) is 9.08. The number of hydrogen-bond donors (Lipinski definition) is 1. The Bertz CT molecular complexity index is 861. The van der Waals surface area contributed by atoms with Gasteiger partial charge in [-0.1, -0.05) is 35.9 Å². The number of carbonyl (C=O) groups excluding carboxylic acids is 3. The minimum absolute atomic E-state index is 0.169. The van der Waals surface area contributed by atoms with E-state index < -0.39 is 11.7 Å². The fraction of sp³-hybridized carbons (Fsp3) is 0.333. The molecule has 3 rings (SSSR count). The Kier molecular flexibility index (Phi) is 5.64. The molecule has 27 heavy (non-hydrogen) atoms. The van der Waals surface area contributed by atoms with Crippen molar-refractivity contribution in [2.45, 2.75) is 26.7 Å². The lowest BCUT2D eigenvalue weighted by Gasteiger charge is -2.31. The average Bonchev–Trinajstić information content (AvgIpc) is 2.69. The van der Waals surface area contributed by atoms with Crippen LogP contribution in [0.2, 0.25) is 0 Å². The Morgan fingerprint density at radius 1 is 1.11 bits per heavy atom. The Morgan fingerprint density at radius 3 is 2.56 bits per heavy atom. The number of nitrogens with one attached hydrogen (secondary N) is 1. The summed E-state index contributed by atoms with van der Waals surface area (Å²) in [4.78, 5) is 43.3. The van der Waals surface area contributed by atoms with E-state index in [0.29, 0.717) is 30.8 Å². The molecule has 0 saturated carbocycles. The maximum atomic E-state index is 12.6. The van der Waals surface area contributed by atoms with Gasteiger partial charge < -0.3 is 10.2 Å². The Hall–Kier alpha value is -3.02. The minimum Gasteiger partial charge on any atom is -0.335 e. The zero-order valence-corrected chi connectivity index (χ0v) is 15.6. The Balaban J connectivity index is 1.65. The van der Waals surface area contributed by atoms with Crippen LogP contribution in [0, 0.1) is 19.8 Å². The van der Waals surface area contributed by atoms with Gasteiger partial charge in [-0.15, -0.1) is 0 Å². The molecule has 1 N–H and O–H groups in total. The first kappa shape index (κ1) is 18.8. The van der Waals surface area contributed by atoms with Crippen LogP contribution in [0.5, 0.6) is 0 Å². The molecule has 2 aromatic rings. The topological polar surface area (TPSA) is 79.4 Å². The van der Waals surface area contributed by atoms with Crippen LogP contribution in [0.3, 0.4) is 0 Å². The molecule has 0 bridgehead atoms. The number of amides is 2. The summed E-state index contributed by atoms with van der Waals surface area (Å²) in [5.41, 5.74) is 2.28. The third kappa shape index (κ3) is 4.39. The van der Waals surface area contributed by atoms with Crippen LogP contribution in [0.1, 0.15) is 34.3 Å². The first-order valence-corrected chi connectivity index (χ1v) is 9.08. The predicted molar refractivity (Wildman–Crippen MR) is 102 cm³/mol. The standard InChI is InChI=1S/C21H23N3O3/c1-14-7-9-16(10-8-14)18(25)21(27)24-12-4-6-17(13-24)20(26)23-19-15(2)5-3-11-22-19/h3,5,7-11,17H,4,6,12-13H2,1-2H3,(H,22,23,26)/t17-/m0/s1.